The zero-order chi connectivity index (χ0) is 16.5. The quantitative estimate of drug-likeness (QED) is 0.329. The van der Waals surface area contributed by atoms with E-state index < -0.39 is 0 Å². The average molecular weight is 466 g/mol. The van der Waals surface area contributed by atoms with E-state index in [9.17, 15) is 0 Å². The van der Waals surface area contributed by atoms with E-state index in [1.54, 1.807) is 0 Å². The van der Waals surface area contributed by atoms with Gasteiger partial charge in [0.05, 0.1) is 19.2 Å². The predicted molar refractivity (Wildman–Crippen MR) is 114 cm³/mol. The van der Waals surface area contributed by atoms with Gasteiger partial charge in [-0.15, -0.1) is 35.3 Å². The molecule has 1 unspecified atom stereocenters. The van der Waals surface area contributed by atoms with E-state index in [0.717, 1.165) is 38.1 Å². The van der Waals surface area contributed by atoms with Crippen molar-refractivity contribution < 1.29 is 5.11 Å². The summed E-state index contributed by atoms with van der Waals surface area (Å²) in [6, 6.07) is 4.70. The molecule has 1 saturated heterocycles. The number of aliphatic imine (C=N–C) groups is 1. The fourth-order valence-corrected chi connectivity index (χ4v) is 3.75. The topological polar surface area (TPSA) is 59.9 Å². The fraction of sp³-hybridized carbons (Fsp3) is 0.706. The molecule has 24 heavy (non-hydrogen) atoms. The van der Waals surface area contributed by atoms with Gasteiger partial charge in [-0.3, -0.25) is 9.89 Å². The van der Waals surface area contributed by atoms with Gasteiger partial charge in [0.2, 0.25) is 0 Å². The molecule has 0 bridgehead atoms. The maximum Gasteiger partial charge on any atom is 0.191 e. The van der Waals surface area contributed by atoms with Gasteiger partial charge in [0, 0.05) is 18.0 Å². The van der Waals surface area contributed by atoms with E-state index >= 15 is 0 Å². The van der Waals surface area contributed by atoms with Crippen LogP contribution < -0.4 is 10.6 Å². The van der Waals surface area contributed by atoms with Gasteiger partial charge in [-0.2, -0.15) is 0 Å². The van der Waals surface area contributed by atoms with Crippen molar-refractivity contribution in [3.05, 3.63) is 22.4 Å². The van der Waals surface area contributed by atoms with Crippen LogP contribution in [-0.2, 0) is 0 Å². The highest BCUT2D eigenvalue weighted by molar-refractivity contribution is 14.0. The van der Waals surface area contributed by atoms with Crippen molar-refractivity contribution in [2.45, 2.75) is 32.7 Å². The van der Waals surface area contributed by atoms with Crippen LogP contribution in [0.4, 0.5) is 0 Å². The summed E-state index contributed by atoms with van der Waals surface area (Å²) in [5, 5.41) is 17.5. The molecule has 5 nitrogen and oxygen atoms in total. The van der Waals surface area contributed by atoms with E-state index in [0.29, 0.717) is 12.6 Å². The number of guanidine groups is 1. The molecule has 1 aliphatic heterocycles. The second-order valence-corrected chi connectivity index (χ2v) is 7.10. The number of aliphatic hydroxyl groups excluding tert-OH is 1. The lowest BCUT2D eigenvalue weighted by Crippen LogP contribution is -2.40. The number of rotatable bonds is 7. The Kier molecular flexibility index (Phi) is 10.9. The minimum Gasteiger partial charge on any atom is -0.395 e. The molecule has 1 aromatic heterocycles. The van der Waals surface area contributed by atoms with Crippen LogP contribution in [0.25, 0.3) is 0 Å². The lowest BCUT2D eigenvalue weighted by molar-refractivity contribution is 0.143. The zero-order valence-corrected chi connectivity index (χ0v) is 17.8. The number of halogens is 1. The van der Waals surface area contributed by atoms with Gasteiger partial charge in [-0.25, -0.2) is 0 Å². The van der Waals surface area contributed by atoms with Gasteiger partial charge in [0.1, 0.15) is 0 Å². The molecule has 1 atom stereocenters. The Hall–Kier alpha value is -0.380. The second kappa shape index (κ2) is 12.1. The third-order valence-corrected chi connectivity index (χ3v) is 5.27. The minimum absolute atomic E-state index is 0. The number of likely N-dealkylation sites (tertiary alicyclic amines) is 1. The van der Waals surface area contributed by atoms with Crippen molar-refractivity contribution >= 4 is 41.3 Å². The maximum atomic E-state index is 8.99. The molecule has 0 aromatic carbocycles. The van der Waals surface area contributed by atoms with Gasteiger partial charge < -0.3 is 15.7 Å². The van der Waals surface area contributed by atoms with Gasteiger partial charge in [-0.1, -0.05) is 13.0 Å². The summed E-state index contributed by atoms with van der Waals surface area (Å²) < 4.78 is 0. The Labute approximate surface area is 167 Å². The Morgan fingerprint density at radius 1 is 1.42 bits per heavy atom. The Bertz CT molecular complexity index is 461. The third-order valence-electron chi connectivity index (χ3n) is 4.30. The van der Waals surface area contributed by atoms with Gasteiger partial charge in [0.15, 0.2) is 5.96 Å². The standard InChI is InChI=1S/C17H30N4OS.HI/c1-3-18-17(19-8-11-22)20-13-15(16-5-4-12-23-16)21-9-6-14(2)7-10-21;/h4-5,12,14-15,22H,3,6-11,13H2,1-2H3,(H2,18,19,20);1H. The predicted octanol–water partition coefficient (Wildman–Crippen LogP) is 2.69. The highest BCUT2D eigenvalue weighted by atomic mass is 127. The van der Waals surface area contributed by atoms with E-state index in [1.165, 1.54) is 17.7 Å². The van der Waals surface area contributed by atoms with E-state index in [2.05, 4.69) is 46.9 Å². The van der Waals surface area contributed by atoms with Crippen LogP contribution in [0.2, 0.25) is 0 Å². The van der Waals surface area contributed by atoms with Crippen molar-refractivity contribution in [3.8, 4) is 0 Å². The minimum atomic E-state index is 0. The zero-order valence-electron chi connectivity index (χ0n) is 14.7. The summed E-state index contributed by atoms with van der Waals surface area (Å²) in [5.74, 6) is 1.62. The summed E-state index contributed by atoms with van der Waals surface area (Å²) in [5.41, 5.74) is 0. The van der Waals surface area contributed by atoms with Crippen molar-refractivity contribution in [2.75, 3.05) is 39.3 Å². The molecule has 138 valence electrons. The van der Waals surface area contributed by atoms with E-state index in [1.807, 2.05) is 11.3 Å². The SMILES string of the molecule is CCNC(=NCC(c1cccs1)N1CCC(C)CC1)NCCO.I. The molecule has 0 radical (unpaired) electrons. The average Bonchev–Trinajstić information content (AvgIpc) is 3.08. The smallest absolute Gasteiger partial charge is 0.191 e. The first-order valence-corrected chi connectivity index (χ1v) is 9.53. The molecule has 0 spiro atoms. The Morgan fingerprint density at radius 3 is 2.75 bits per heavy atom. The highest BCUT2D eigenvalue weighted by Crippen LogP contribution is 2.29. The first-order valence-electron chi connectivity index (χ1n) is 8.65. The Morgan fingerprint density at radius 2 is 2.17 bits per heavy atom. The molecular weight excluding hydrogens is 435 g/mol. The van der Waals surface area contributed by atoms with Crippen molar-refractivity contribution in [1.29, 1.82) is 0 Å². The van der Waals surface area contributed by atoms with Crippen LogP contribution in [0.3, 0.4) is 0 Å². The van der Waals surface area contributed by atoms with E-state index in [-0.39, 0.29) is 30.6 Å². The van der Waals surface area contributed by atoms with Crippen LogP contribution in [0.1, 0.15) is 37.6 Å². The summed E-state index contributed by atoms with van der Waals surface area (Å²) in [4.78, 5) is 8.71. The molecule has 3 N–H and O–H groups in total. The molecule has 0 saturated carbocycles. The second-order valence-electron chi connectivity index (χ2n) is 6.12. The lowest BCUT2D eigenvalue weighted by atomic mass is 9.97. The Balaban J connectivity index is 0.00000288. The number of hydrogen-bond donors (Lipinski definition) is 3. The normalized spacial score (nSPS) is 18.0. The van der Waals surface area contributed by atoms with Crippen LogP contribution in [0, 0.1) is 5.92 Å². The monoisotopic (exact) mass is 466 g/mol. The molecule has 0 aliphatic carbocycles. The van der Waals surface area contributed by atoms with Gasteiger partial charge in [0.25, 0.3) is 0 Å². The molecule has 1 fully saturated rings. The summed E-state index contributed by atoms with van der Waals surface area (Å²) in [7, 11) is 0. The van der Waals surface area contributed by atoms with Gasteiger partial charge in [-0.05, 0) is 50.2 Å². The maximum absolute atomic E-state index is 8.99. The van der Waals surface area contributed by atoms with Crippen molar-refractivity contribution in [1.82, 2.24) is 15.5 Å². The van der Waals surface area contributed by atoms with Crippen molar-refractivity contribution in [3.63, 3.8) is 0 Å². The summed E-state index contributed by atoms with van der Waals surface area (Å²) >= 11 is 1.82. The first-order chi connectivity index (χ1) is 11.2. The first kappa shape index (κ1) is 21.7. The van der Waals surface area contributed by atoms with Crippen LogP contribution in [-0.4, -0.2) is 55.3 Å². The number of thiophene rings is 1. The largest absolute Gasteiger partial charge is 0.395 e. The molecule has 0 amide bonds. The summed E-state index contributed by atoms with van der Waals surface area (Å²) in [6.45, 7) is 8.91. The number of aliphatic hydroxyl groups is 1. The molecule has 2 rings (SSSR count). The molecule has 7 heteroatoms. The summed E-state index contributed by atoms with van der Waals surface area (Å²) in [6.07, 6.45) is 2.54. The third kappa shape index (κ3) is 6.85. The molecule has 1 aromatic rings. The molecule has 1 aliphatic rings. The molecular formula is C17H31IN4OS. The fourth-order valence-electron chi connectivity index (χ4n) is 2.90. The van der Waals surface area contributed by atoms with Crippen LogP contribution in [0.15, 0.2) is 22.5 Å². The van der Waals surface area contributed by atoms with Crippen LogP contribution >= 0.6 is 35.3 Å². The highest BCUT2D eigenvalue weighted by Gasteiger charge is 2.25. The lowest BCUT2D eigenvalue weighted by Gasteiger charge is -2.35. The number of hydrogen-bond acceptors (Lipinski definition) is 4. The molecule has 2 heterocycles. The van der Waals surface area contributed by atoms with Gasteiger partial charge >= 0.3 is 0 Å². The van der Waals surface area contributed by atoms with E-state index in [4.69, 9.17) is 10.1 Å². The van der Waals surface area contributed by atoms with Crippen molar-refractivity contribution in [2.24, 2.45) is 10.9 Å². The number of nitrogens with one attached hydrogen (secondary N) is 2. The van der Waals surface area contributed by atoms with Crippen LogP contribution in [0.5, 0.6) is 0 Å². The number of piperidine rings is 1. The number of nitrogens with zero attached hydrogens (tertiary/aromatic N) is 2.